The van der Waals surface area contributed by atoms with Gasteiger partial charge in [0, 0.05) is 20.1 Å². The summed E-state index contributed by atoms with van der Waals surface area (Å²) in [5.41, 5.74) is 2.28. The predicted octanol–water partition coefficient (Wildman–Crippen LogP) is 3.40. The van der Waals surface area contributed by atoms with Crippen molar-refractivity contribution in [3.05, 3.63) is 63.2 Å². The van der Waals surface area contributed by atoms with Gasteiger partial charge in [-0.1, -0.05) is 55.4 Å². The van der Waals surface area contributed by atoms with Crippen molar-refractivity contribution in [3.63, 3.8) is 0 Å². The highest BCUT2D eigenvalue weighted by atomic mass is 32.2. The third kappa shape index (κ3) is 3.97. The average Bonchev–Trinajstić information content (AvgIpc) is 3.33. The number of aryl methyl sites for hydroxylation is 2. The number of rotatable bonds is 8. The Morgan fingerprint density at radius 2 is 1.87 bits per heavy atom. The van der Waals surface area contributed by atoms with Crippen molar-refractivity contribution >= 4 is 22.9 Å². The molecule has 0 saturated heterocycles. The fourth-order valence-electron chi connectivity index (χ4n) is 3.73. The summed E-state index contributed by atoms with van der Waals surface area (Å²) >= 11 is 1.56. The van der Waals surface area contributed by atoms with Crippen molar-refractivity contribution in [2.45, 2.75) is 50.7 Å². The zero-order chi connectivity index (χ0) is 22.0. The number of H-pyrrole nitrogens is 1. The number of aromatic amines is 1. The molecule has 0 aliphatic rings. The molecule has 4 aromatic rings. The summed E-state index contributed by atoms with van der Waals surface area (Å²) in [6.45, 7) is 5.18. The van der Waals surface area contributed by atoms with Crippen molar-refractivity contribution in [1.29, 1.82) is 0 Å². The lowest BCUT2D eigenvalue weighted by Gasteiger charge is -2.07. The van der Waals surface area contributed by atoms with E-state index in [1.165, 1.54) is 0 Å². The van der Waals surface area contributed by atoms with Crippen LogP contribution in [0.5, 0.6) is 0 Å². The number of aromatic nitrogens is 6. The van der Waals surface area contributed by atoms with E-state index in [2.05, 4.69) is 33.6 Å². The van der Waals surface area contributed by atoms with Crippen LogP contribution < -0.4 is 11.2 Å². The van der Waals surface area contributed by atoms with Gasteiger partial charge in [0.05, 0.1) is 17.6 Å². The lowest BCUT2D eigenvalue weighted by Crippen LogP contribution is -2.31. The number of fused-ring (bicyclic) bond motifs is 1. The number of imidazole rings is 2. The SMILES string of the molecule is CCCCn1c(=O)[nH]c(=O)c2c1nc(CSc1ncc(-c3ccccc3)n1C)n2CC. The molecule has 1 aromatic carbocycles. The van der Waals surface area contributed by atoms with Crippen molar-refractivity contribution in [2.75, 3.05) is 0 Å². The molecule has 0 amide bonds. The van der Waals surface area contributed by atoms with Crippen LogP contribution in [-0.2, 0) is 25.9 Å². The standard InChI is InChI=1S/C22H26N6O2S/c1-4-6-12-28-19-18(20(29)25-21(28)30)27(5-2)17(24-19)14-31-22-23-13-16(26(22)3)15-10-8-7-9-11-15/h7-11,13H,4-6,12,14H2,1-3H3,(H,25,29,30). The number of unbranched alkanes of at least 4 members (excludes halogenated alkanes) is 1. The van der Waals surface area contributed by atoms with Gasteiger partial charge in [-0.3, -0.25) is 14.3 Å². The van der Waals surface area contributed by atoms with E-state index in [1.54, 1.807) is 16.3 Å². The molecular weight excluding hydrogens is 412 g/mol. The molecule has 0 aliphatic carbocycles. The van der Waals surface area contributed by atoms with Gasteiger partial charge in [-0.2, -0.15) is 0 Å². The first-order valence-corrected chi connectivity index (χ1v) is 11.5. The van der Waals surface area contributed by atoms with Crippen molar-refractivity contribution in [3.8, 4) is 11.3 Å². The van der Waals surface area contributed by atoms with Gasteiger partial charge in [-0.25, -0.2) is 14.8 Å². The van der Waals surface area contributed by atoms with E-state index in [0.29, 0.717) is 30.0 Å². The molecule has 0 bridgehead atoms. The summed E-state index contributed by atoms with van der Waals surface area (Å²) in [6.07, 6.45) is 3.67. The van der Waals surface area contributed by atoms with Gasteiger partial charge in [0.1, 0.15) is 5.82 Å². The van der Waals surface area contributed by atoms with Gasteiger partial charge in [-0.15, -0.1) is 0 Å². The van der Waals surface area contributed by atoms with E-state index >= 15 is 0 Å². The molecule has 162 valence electrons. The molecule has 0 radical (unpaired) electrons. The molecular formula is C22H26N6O2S. The zero-order valence-electron chi connectivity index (χ0n) is 18.0. The summed E-state index contributed by atoms with van der Waals surface area (Å²) in [6, 6.07) is 10.1. The lowest BCUT2D eigenvalue weighted by atomic mass is 10.2. The van der Waals surface area contributed by atoms with E-state index in [-0.39, 0.29) is 5.56 Å². The molecule has 0 unspecified atom stereocenters. The fourth-order valence-corrected chi connectivity index (χ4v) is 4.62. The van der Waals surface area contributed by atoms with Gasteiger partial charge in [-0.05, 0) is 18.9 Å². The molecule has 0 atom stereocenters. The van der Waals surface area contributed by atoms with E-state index in [0.717, 1.165) is 35.1 Å². The van der Waals surface area contributed by atoms with Gasteiger partial charge in [0.2, 0.25) is 0 Å². The van der Waals surface area contributed by atoms with Gasteiger partial charge >= 0.3 is 5.69 Å². The van der Waals surface area contributed by atoms with Gasteiger partial charge in [0.25, 0.3) is 5.56 Å². The Morgan fingerprint density at radius 1 is 1.10 bits per heavy atom. The molecule has 0 aliphatic heterocycles. The highest BCUT2D eigenvalue weighted by Crippen LogP contribution is 2.27. The molecule has 31 heavy (non-hydrogen) atoms. The number of benzene rings is 1. The first kappa shape index (κ1) is 21.2. The van der Waals surface area contributed by atoms with Gasteiger partial charge < -0.3 is 9.13 Å². The third-order valence-electron chi connectivity index (χ3n) is 5.36. The molecule has 0 saturated carbocycles. The number of thioether (sulfide) groups is 1. The minimum absolute atomic E-state index is 0.387. The second-order valence-electron chi connectivity index (χ2n) is 7.35. The Morgan fingerprint density at radius 3 is 2.58 bits per heavy atom. The van der Waals surface area contributed by atoms with Crippen LogP contribution in [0.1, 0.15) is 32.5 Å². The van der Waals surface area contributed by atoms with E-state index in [1.807, 2.05) is 42.9 Å². The Labute approximate surface area is 184 Å². The largest absolute Gasteiger partial charge is 0.330 e. The fraction of sp³-hybridized carbons (Fsp3) is 0.364. The first-order chi connectivity index (χ1) is 15.0. The van der Waals surface area contributed by atoms with Crippen LogP contribution in [0.3, 0.4) is 0 Å². The maximum absolute atomic E-state index is 12.6. The van der Waals surface area contributed by atoms with Crippen LogP contribution in [-0.4, -0.2) is 28.7 Å². The highest BCUT2D eigenvalue weighted by molar-refractivity contribution is 7.98. The van der Waals surface area contributed by atoms with Crippen LogP contribution in [0, 0.1) is 0 Å². The van der Waals surface area contributed by atoms with Crippen LogP contribution >= 0.6 is 11.8 Å². The first-order valence-electron chi connectivity index (χ1n) is 10.5. The van der Waals surface area contributed by atoms with Crippen LogP contribution in [0.2, 0.25) is 0 Å². The minimum Gasteiger partial charge on any atom is -0.322 e. The third-order valence-corrected chi connectivity index (χ3v) is 6.40. The Balaban J connectivity index is 1.68. The van der Waals surface area contributed by atoms with E-state index < -0.39 is 5.69 Å². The molecule has 1 N–H and O–H groups in total. The number of nitrogens with one attached hydrogen (secondary N) is 1. The second kappa shape index (κ2) is 8.97. The molecule has 0 fully saturated rings. The molecule has 3 aromatic heterocycles. The number of hydrogen-bond acceptors (Lipinski definition) is 5. The summed E-state index contributed by atoms with van der Waals surface area (Å²) in [5, 5.41) is 0.867. The molecule has 0 spiro atoms. The summed E-state index contributed by atoms with van der Waals surface area (Å²) in [5.74, 6) is 1.30. The topological polar surface area (TPSA) is 90.5 Å². The monoisotopic (exact) mass is 438 g/mol. The zero-order valence-corrected chi connectivity index (χ0v) is 18.8. The maximum atomic E-state index is 12.6. The average molecular weight is 439 g/mol. The van der Waals surface area contributed by atoms with Crippen LogP contribution in [0.15, 0.2) is 51.3 Å². The lowest BCUT2D eigenvalue weighted by molar-refractivity contribution is 0.613. The molecule has 3 heterocycles. The van der Waals surface area contributed by atoms with Crippen LogP contribution in [0.4, 0.5) is 0 Å². The second-order valence-corrected chi connectivity index (χ2v) is 8.29. The number of nitrogens with zero attached hydrogens (tertiary/aromatic N) is 5. The summed E-state index contributed by atoms with van der Waals surface area (Å²) in [7, 11) is 1.99. The Bertz CT molecular complexity index is 1320. The molecule has 9 heteroatoms. The predicted molar refractivity (Wildman–Crippen MR) is 123 cm³/mol. The van der Waals surface area contributed by atoms with E-state index in [9.17, 15) is 9.59 Å². The minimum atomic E-state index is -0.400. The van der Waals surface area contributed by atoms with E-state index in [4.69, 9.17) is 4.98 Å². The van der Waals surface area contributed by atoms with Crippen LogP contribution in [0.25, 0.3) is 22.4 Å². The summed E-state index contributed by atoms with van der Waals surface area (Å²) < 4.78 is 5.53. The molecule has 8 nitrogen and oxygen atoms in total. The van der Waals surface area contributed by atoms with Crippen molar-refractivity contribution < 1.29 is 0 Å². The van der Waals surface area contributed by atoms with Crippen molar-refractivity contribution in [1.82, 2.24) is 28.7 Å². The maximum Gasteiger partial charge on any atom is 0.330 e. The normalized spacial score (nSPS) is 11.5. The smallest absolute Gasteiger partial charge is 0.322 e. The van der Waals surface area contributed by atoms with Crippen molar-refractivity contribution in [2.24, 2.45) is 7.05 Å². The van der Waals surface area contributed by atoms with Gasteiger partial charge in [0.15, 0.2) is 16.3 Å². The molecule has 4 rings (SSSR count). The summed E-state index contributed by atoms with van der Waals surface area (Å²) in [4.78, 5) is 36.7. The quantitative estimate of drug-likeness (QED) is 0.426. The Kier molecular flexibility index (Phi) is 6.13. The highest BCUT2D eigenvalue weighted by Gasteiger charge is 2.18. The number of hydrogen-bond donors (Lipinski definition) is 1. The Hall–Kier alpha value is -3.07.